The smallest absolute Gasteiger partial charge is 0.102 e. The Bertz CT molecular complexity index is 257. The first kappa shape index (κ1) is 5.74. The lowest BCUT2D eigenvalue weighted by Crippen LogP contribution is -1.89. The van der Waals surface area contributed by atoms with E-state index in [1.807, 2.05) is 6.07 Å². The molecule has 10 heavy (non-hydrogen) atoms. The van der Waals surface area contributed by atoms with Crippen LogP contribution in [0.5, 0.6) is 0 Å². The largest absolute Gasteiger partial charge is 0.271 e. The summed E-state index contributed by atoms with van der Waals surface area (Å²) in [6.07, 6.45) is 0. The van der Waals surface area contributed by atoms with Gasteiger partial charge in [-0.1, -0.05) is 18.2 Å². The molecule has 0 saturated heterocycles. The quantitative estimate of drug-likeness (QED) is 0.586. The molecule has 0 unspecified atom stereocenters. The van der Waals surface area contributed by atoms with Gasteiger partial charge in [-0.2, -0.15) is 0 Å². The van der Waals surface area contributed by atoms with Crippen LogP contribution in [0.2, 0.25) is 0 Å². The summed E-state index contributed by atoms with van der Waals surface area (Å²) < 4.78 is 0. The summed E-state index contributed by atoms with van der Waals surface area (Å²) in [5.41, 5.74) is 6.50. The van der Waals surface area contributed by atoms with Gasteiger partial charge in [0.25, 0.3) is 0 Å². The van der Waals surface area contributed by atoms with Gasteiger partial charge in [-0.15, -0.1) is 0 Å². The summed E-state index contributed by atoms with van der Waals surface area (Å²) in [6, 6.07) is 6.19. The highest BCUT2D eigenvalue weighted by atomic mass is 16.6. The van der Waals surface area contributed by atoms with Crippen molar-refractivity contribution < 1.29 is 4.84 Å². The van der Waals surface area contributed by atoms with Crippen LogP contribution in [-0.2, 0) is 11.4 Å². The Kier molecular flexibility index (Phi) is 1.14. The number of para-hydroxylation sites is 1. The fourth-order valence-electron chi connectivity index (χ4n) is 1.18. The van der Waals surface area contributed by atoms with Crippen molar-refractivity contribution in [2.24, 2.45) is 0 Å². The molecule has 0 radical (unpaired) electrons. The van der Waals surface area contributed by atoms with E-state index in [4.69, 9.17) is 4.84 Å². The topological polar surface area (TPSA) is 21.3 Å². The number of nitrogens with one attached hydrogen (secondary N) is 1. The molecule has 1 aliphatic rings. The Morgan fingerprint density at radius 3 is 3.20 bits per heavy atom. The molecule has 0 aliphatic carbocycles. The van der Waals surface area contributed by atoms with Crippen molar-refractivity contribution in [2.45, 2.75) is 13.5 Å². The molecule has 2 nitrogen and oxygen atoms in total. The summed E-state index contributed by atoms with van der Waals surface area (Å²) in [7, 11) is 0. The summed E-state index contributed by atoms with van der Waals surface area (Å²) >= 11 is 0. The molecule has 2 heteroatoms. The maximum Gasteiger partial charge on any atom is 0.102 e. The molecule has 0 saturated carbocycles. The normalized spacial score (nSPS) is 14.5. The molecule has 1 heterocycles. The van der Waals surface area contributed by atoms with Gasteiger partial charge in [0.2, 0.25) is 0 Å². The number of benzene rings is 1. The van der Waals surface area contributed by atoms with E-state index in [2.05, 4.69) is 24.5 Å². The van der Waals surface area contributed by atoms with E-state index >= 15 is 0 Å². The van der Waals surface area contributed by atoms with Crippen LogP contribution >= 0.6 is 0 Å². The molecule has 1 aromatic carbocycles. The van der Waals surface area contributed by atoms with Gasteiger partial charge in [-0.25, -0.2) is 0 Å². The first-order valence-electron chi connectivity index (χ1n) is 3.34. The van der Waals surface area contributed by atoms with Gasteiger partial charge in [0.05, 0.1) is 5.69 Å². The van der Waals surface area contributed by atoms with Crippen LogP contribution < -0.4 is 5.48 Å². The van der Waals surface area contributed by atoms with Crippen LogP contribution in [0.1, 0.15) is 11.1 Å². The zero-order valence-corrected chi connectivity index (χ0v) is 5.85. The number of anilines is 1. The SMILES string of the molecule is Cc1cccc2c1NOC2. The Morgan fingerprint density at radius 1 is 1.50 bits per heavy atom. The Hall–Kier alpha value is -1.02. The second-order valence-electron chi connectivity index (χ2n) is 2.50. The maximum atomic E-state index is 5.05. The van der Waals surface area contributed by atoms with Gasteiger partial charge in [-0.05, 0) is 12.5 Å². The second-order valence-corrected chi connectivity index (χ2v) is 2.50. The minimum Gasteiger partial charge on any atom is -0.271 e. The predicted molar refractivity (Wildman–Crippen MR) is 39.6 cm³/mol. The lowest BCUT2D eigenvalue weighted by molar-refractivity contribution is 0.202. The Balaban J connectivity index is 2.59. The van der Waals surface area contributed by atoms with Crippen molar-refractivity contribution in [3.63, 3.8) is 0 Å². The van der Waals surface area contributed by atoms with E-state index in [0.717, 1.165) is 5.69 Å². The highest BCUT2D eigenvalue weighted by molar-refractivity contribution is 5.57. The lowest BCUT2D eigenvalue weighted by Gasteiger charge is -1.99. The van der Waals surface area contributed by atoms with Crippen LogP contribution in [0.3, 0.4) is 0 Å². The van der Waals surface area contributed by atoms with Gasteiger partial charge in [0.1, 0.15) is 6.61 Å². The molecule has 0 fully saturated rings. The highest BCUT2D eigenvalue weighted by Gasteiger charge is 2.10. The molecule has 0 aromatic heterocycles. The number of aryl methyl sites for hydroxylation is 1. The molecule has 1 N–H and O–H groups in total. The maximum absolute atomic E-state index is 5.05. The predicted octanol–water partition coefficient (Wildman–Crippen LogP) is 1.85. The van der Waals surface area contributed by atoms with Crippen molar-refractivity contribution in [1.29, 1.82) is 0 Å². The first-order valence-corrected chi connectivity index (χ1v) is 3.34. The minimum atomic E-state index is 0.691. The fraction of sp³-hybridized carbons (Fsp3) is 0.250. The number of hydrogen-bond donors (Lipinski definition) is 1. The third-order valence-corrected chi connectivity index (χ3v) is 1.76. The molecule has 0 amide bonds. The van der Waals surface area contributed by atoms with Crippen molar-refractivity contribution in [3.05, 3.63) is 29.3 Å². The lowest BCUT2D eigenvalue weighted by atomic mass is 10.1. The van der Waals surface area contributed by atoms with Crippen LogP contribution in [0.4, 0.5) is 5.69 Å². The molecule has 1 aliphatic heterocycles. The van der Waals surface area contributed by atoms with Crippen molar-refractivity contribution in [3.8, 4) is 0 Å². The Morgan fingerprint density at radius 2 is 2.40 bits per heavy atom. The second kappa shape index (κ2) is 1.99. The van der Waals surface area contributed by atoms with Crippen molar-refractivity contribution in [2.75, 3.05) is 5.48 Å². The van der Waals surface area contributed by atoms with Gasteiger partial charge < -0.3 is 0 Å². The minimum absolute atomic E-state index is 0.691. The Labute approximate surface area is 59.8 Å². The molecular formula is C8H9NO. The van der Waals surface area contributed by atoms with Gasteiger partial charge in [0, 0.05) is 5.56 Å². The monoisotopic (exact) mass is 135 g/mol. The molecule has 2 rings (SSSR count). The van der Waals surface area contributed by atoms with E-state index in [-0.39, 0.29) is 0 Å². The van der Waals surface area contributed by atoms with E-state index in [9.17, 15) is 0 Å². The zero-order valence-electron chi connectivity index (χ0n) is 5.85. The zero-order chi connectivity index (χ0) is 6.97. The van der Waals surface area contributed by atoms with Crippen LogP contribution in [0, 0.1) is 6.92 Å². The number of rotatable bonds is 0. The molecule has 1 aromatic rings. The first-order chi connectivity index (χ1) is 4.88. The highest BCUT2D eigenvalue weighted by Crippen LogP contribution is 2.25. The van der Waals surface area contributed by atoms with Crippen LogP contribution in [-0.4, -0.2) is 0 Å². The van der Waals surface area contributed by atoms with Gasteiger partial charge >= 0.3 is 0 Å². The van der Waals surface area contributed by atoms with E-state index in [1.54, 1.807) is 0 Å². The summed E-state index contributed by atoms with van der Waals surface area (Å²) in [5, 5.41) is 0. The van der Waals surface area contributed by atoms with Crippen molar-refractivity contribution >= 4 is 5.69 Å². The summed E-state index contributed by atoms with van der Waals surface area (Å²) in [6.45, 7) is 2.76. The summed E-state index contributed by atoms with van der Waals surface area (Å²) in [5.74, 6) is 0. The number of fused-ring (bicyclic) bond motifs is 1. The number of hydrogen-bond acceptors (Lipinski definition) is 2. The molecule has 52 valence electrons. The summed E-state index contributed by atoms with van der Waals surface area (Å²) in [4.78, 5) is 5.05. The van der Waals surface area contributed by atoms with E-state index in [0.29, 0.717) is 6.61 Å². The molecule has 0 atom stereocenters. The van der Waals surface area contributed by atoms with Gasteiger partial charge in [0.15, 0.2) is 0 Å². The average molecular weight is 135 g/mol. The standard InChI is InChI=1S/C8H9NO/c1-6-3-2-4-7-5-10-9-8(6)7/h2-4,9H,5H2,1H3. The molecular weight excluding hydrogens is 126 g/mol. The third-order valence-electron chi connectivity index (χ3n) is 1.76. The van der Waals surface area contributed by atoms with Crippen LogP contribution in [0.25, 0.3) is 0 Å². The fourth-order valence-corrected chi connectivity index (χ4v) is 1.18. The van der Waals surface area contributed by atoms with E-state index < -0.39 is 0 Å². The van der Waals surface area contributed by atoms with E-state index in [1.165, 1.54) is 11.1 Å². The molecule has 0 spiro atoms. The van der Waals surface area contributed by atoms with Gasteiger partial charge in [-0.3, -0.25) is 10.3 Å². The van der Waals surface area contributed by atoms with Crippen molar-refractivity contribution in [1.82, 2.24) is 0 Å². The average Bonchev–Trinajstić information content (AvgIpc) is 2.36. The molecule has 0 bridgehead atoms. The third kappa shape index (κ3) is 0.693. The van der Waals surface area contributed by atoms with Crippen LogP contribution in [0.15, 0.2) is 18.2 Å².